The molecule has 3 rings (SSSR count). The Morgan fingerprint density at radius 1 is 0.773 bits per heavy atom. The first-order chi connectivity index (χ1) is 10.5. The number of fused-ring (bicyclic) bond motifs is 1. The summed E-state index contributed by atoms with van der Waals surface area (Å²) >= 11 is 0. The highest BCUT2D eigenvalue weighted by Gasteiger charge is 2.02. The predicted octanol–water partition coefficient (Wildman–Crippen LogP) is 2.90. The number of hydrogen-bond donors (Lipinski definition) is 2. The van der Waals surface area contributed by atoms with Crippen LogP contribution in [0.25, 0.3) is 10.8 Å². The lowest BCUT2D eigenvalue weighted by Crippen LogP contribution is -2.14. The molecule has 0 atom stereocenters. The Balaban J connectivity index is 0.000000160. The molecule has 0 saturated heterocycles. The average Bonchev–Trinajstić information content (AvgIpc) is 2.48. The Bertz CT molecular complexity index is 841. The van der Waals surface area contributed by atoms with Gasteiger partial charge in [-0.25, -0.2) is 13.6 Å². The van der Waals surface area contributed by atoms with Crippen LogP contribution in [0.4, 0.5) is 5.69 Å². The van der Waals surface area contributed by atoms with Crippen LogP contribution in [0.5, 0.6) is 0 Å². The van der Waals surface area contributed by atoms with Crippen molar-refractivity contribution in [1.82, 2.24) is 0 Å². The van der Waals surface area contributed by atoms with Crippen molar-refractivity contribution < 1.29 is 8.42 Å². The van der Waals surface area contributed by atoms with Gasteiger partial charge in [0.05, 0.1) is 5.75 Å². The minimum Gasteiger partial charge on any atom is -0.398 e. The van der Waals surface area contributed by atoms with Gasteiger partial charge in [-0.15, -0.1) is 0 Å². The lowest BCUT2D eigenvalue weighted by Gasteiger charge is -1.98. The molecule has 0 saturated carbocycles. The monoisotopic (exact) mass is 314 g/mol. The van der Waals surface area contributed by atoms with Crippen LogP contribution < -0.4 is 10.9 Å². The fraction of sp³-hybridized carbons (Fsp3) is 0.0588. The van der Waals surface area contributed by atoms with Crippen LogP contribution in [-0.2, 0) is 15.8 Å². The summed E-state index contributed by atoms with van der Waals surface area (Å²) in [6, 6.07) is 22.9. The van der Waals surface area contributed by atoms with Crippen molar-refractivity contribution in [3.63, 3.8) is 0 Å². The summed E-state index contributed by atoms with van der Waals surface area (Å²) in [4.78, 5) is 0. The second-order valence-corrected chi connectivity index (χ2v) is 6.48. The first kappa shape index (κ1) is 16.0. The van der Waals surface area contributed by atoms with Crippen molar-refractivity contribution >= 4 is 26.5 Å². The van der Waals surface area contributed by atoms with Gasteiger partial charge in [0.25, 0.3) is 0 Å². The largest absolute Gasteiger partial charge is 0.398 e. The maximum absolute atomic E-state index is 10.6. The molecule has 0 aliphatic heterocycles. The van der Waals surface area contributed by atoms with Crippen molar-refractivity contribution in [2.45, 2.75) is 5.75 Å². The van der Waals surface area contributed by atoms with Crippen molar-refractivity contribution in [3.8, 4) is 0 Å². The summed E-state index contributed by atoms with van der Waals surface area (Å²) in [7, 11) is -3.38. The molecule has 0 heterocycles. The SMILES string of the molecule is NS(=O)(=O)Cc1ccccc1.Nc1cccc2ccccc12. The van der Waals surface area contributed by atoms with E-state index in [2.05, 4.69) is 12.1 Å². The van der Waals surface area contributed by atoms with Gasteiger partial charge in [-0.2, -0.15) is 0 Å². The van der Waals surface area contributed by atoms with E-state index in [0.29, 0.717) is 0 Å². The van der Waals surface area contributed by atoms with Gasteiger partial charge in [0.1, 0.15) is 0 Å². The van der Waals surface area contributed by atoms with Gasteiger partial charge in [-0.1, -0.05) is 66.7 Å². The molecule has 0 amide bonds. The topological polar surface area (TPSA) is 86.2 Å². The lowest BCUT2D eigenvalue weighted by molar-refractivity contribution is 0.597. The van der Waals surface area contributed by atoms with Gasteiger partial charge in [-0.05, 0) is 17.0 Å². The summed E-state index contributed by atoms with van der Waals surface area (Å²) < 4.78 is 21.2. The van der Waals surface area contributed by atoms with E-state index in [1.807, 2.05) is 36.4 Å². The number of hydrogen-bond acceptors (Lipinski definition) is 3. The molecular weight excluding hydrogens is 296 g/mol. The van der Waals surface area contributed by atoms with Crippen LogP contribution in [0.3, 0.4) is 0 Å². The molecule has 4 nitrogen and oxygen atoms in total. The fourth-order valence-electron chi connectivity index (χ4n) is 2.06. The molecule has 114 valence electrons. The molecule has 22 heavy (non-hydrogen) atoms. The number of nitrogen functional groups attached to an aromatic ring is 1. The summed E-state index contributed by atoms with van der Waals surface area (Å²) in [5, 5.41) is 7.18. The minimum absolute atomic E-state index is 0.0894. The van der Waals surface area contributed by atoms with Crippen LogP contribution in [0.2, 0.25) is 0 Å². The minimum atomic E-state index is -3.38. The molecule has 0 unspecified atom stereocenters. The molecule has 0 bridgehead atoms. The van der Waals surface area contributed by atoms with Gasteiger partial charge in [0.2, 0.25) is 10.0 Å². The molecule has 4 N–H and O–H groups in total. The third-order valence-electron chi connectivity index (χ3n) is 3.03. The van der Waals surface area contributed by atoms with Gasteiger partial charge < -0.3 is 5.73 Å². The highest BCUT2D eigenvalue weighted by molar-refractivity contribution is 7.88. The fourth-order valence-corrected chi connectivity index (χ4v) is 2.71. The van der Waals surface area contributed by atoms with Gasteiger partial charge in [0, 0.05) is 11.1 Å². The lowest BCUT2D eigenvalue weighted by atomic mass is 10.1. The normalized spacial score (nSPS) is 10.8. The Morgan fingerprint density at radius 2 is 1.36 bits per heavy atom. The van der Waals surface area contributed by atoms with Crippen molar-refractivity contribution in [2.24, 2.45) is 5.14 Å². The highest BCUT2D eigenvalue weighted by Crippen LogP contribution is 2.19. The van der Waals surface area contributed by atoms with Crippen molar-refractivity contribution in [2.75, 3.05) is 5.73 Å². The number of anilines is 1. The van der Waals surface area contributed by atoms with Crippen molar-refractivity contribution in [3.05, 3.63) is 78.4 Å². The smallest absolute Gasteiger partial charge is 0.213 e. The number of rotatable bonds is 2. The molecule has 0 spiro atoms. The summed E-state index contributed by atoms with van der Waals surface area (Å²) in [5.41, 5.74) is 7.32. The van der Waals surface area contributed by atoms with E-state index in [4.69, 9.17) is 10.9 Å². The van der Waals surface area contributed by atoms with E-state index in [1.165, 1.54) is 5.39 Å². The zero-order valence-corrected chi connectivity index (χ0v) is 12.8. The van der Waals surface area contributed by atoms with Gasteiger partial charge in [0.15, 0.2) is 0 Å². The Kier molecular flexibility index (Phi) is 5.14. The Labute approximate surface area is 130 Å². The second kappa shape index (κ2) is 7.06. The van der Waals surface area contributed by atoms with E-state index in [1.54, 1.807) is 24.3 Å². The van der Waals surface area contributed by atoms with E-state index in [0.717, 1.165) is 16.6 Å². The maximum atomic E-state index is 10.6. The molecule has 5 heteroatoms. The number of sulfonamides is 1. The number of nitrogens with two attached hydrogens (primary N) is 2. The third-order valence-corrected chi connectivity index (χ3v) is 3.77. The predicted molar refractivity (Wildman–Crippen MR) is 91.6 cm³/mol. The van der Waals surface area contributed by atoms with Crippen LogP contribution >= 0.6 is 0 Å². The van der Waals surface area contributed by atoms with Crippen molar-refractivity contribution in [1.29, 1.82) is 0 Å². The maximum Gasteiger partial charge on any atom is 0.213 e. The van der Waals surface area contributed by atoms with Gasteiger partial charge >= 0.3 is 0 Å². The van der Waals surface area contributed by atoms with Crippen LogP contribution in [-0.4, -0.2) is 8.42 Å². The van der Waals surface area contributed by atoms with Crippen LogP contribution in [0.1, 0.15) is 5.56 Å². The zero-order valence-electron chi connectivity index (χ0n) is 12.0. The number of primary sulfonamides is 1. The molecule has 3 aromatic rings. The van der Waals surface area contributed by atoms with E-state index >= 15 is 0 Å². The standard InChI is InChI=1S/C10H9N.C7H9NO2S/c11-10-7-3-5-8-4-1-2-6-9(8)10;8-11(9,10)6-7-4-2-1-3-5-7/h1-7H,11H2;1-5H,6H2,(H2,8,9,10). The Morgan fingerprint density at radius 3 is 2.00 bits per heavy atom. The van der Waals surface area contributed by atoms with Gasteiger partial charge in [-0.3, -0.25) is 0 Å². The first-order valence-electron chi connectivity index (χ1n) is 6.73. The van der Waals surface area contributed by atoms with E-state index in [9.17, 15) is 8.42 Å². The number of benzene rings is 3. The summed E-state index contributed by atoms with van der Waals surface area (Å²) in [6.07, 6.45) is 0. The molecule has 0 fully saturated rings. The molecule has 0 aromatic heterocycles. The second-order valence-electron chi connectivity index (χ2n) is 4.86. The zero-order chi connectivity index (χ0) is 16.0. The molecule has 0 aliphatic carbocycles. The molecular formula is C17H18N2O2S. The molecule has 0 radical (unpaired) electrons. The van der Waals surface area contributed by atoms with E-state index in [-0.39, 0.29) is 5.75 Å². The Hall–Kier alpha value is -2.37. The molecule has 0 aliphatic rings. The van der Waals surface area contributed by atoms with Crippen LogP contribution in [0.15, 0.2) is 72.8 Å². The summed E-state index contributed by atoms with van der Waals surface area (Å²) in [6.45, 7) is 0. The summed E-state index contributed by atoms with van der Waals surface area (Å²) in [5.74, 6) is -0.0894. The van der Waals surface area contributed by atoms with E-state index < -0.39 is 10.0 Å². The first-order valence-corrected chi connectivity index (χ1v) is 8.45. The quantitative estimate of drug-likeness (QED) is 0.713. The third kappa shape index (κ3) is 4.87. The highest BCUT2D eigenvalue weighted by atomic mass is 32.2. The molecule has 3 aromatic carbocycles. The average molecular weight is 314 g/mol. The van der Waals surface area contributed by atoms with Crippen LogP contribution in [0, 0.1) is 0 Å².